The molecule has 11 heteroatoms. The van der Waals surface area contributed by atoms with Gasteiger partial charge in [0.05, 0.1) is 28.1 Å². The number of anilines is 1. The number of hydrogen-bond acceptors (Lipinski definition) is 8. The maximum Gasteiger partial charge on any atom is 0.309 e. The number of nitrogens with zero attached hydrogens (tertiary/aromatic N) is 2. The van der Waals surface area contributed by atoms with Crippen molar-refractivity contribution in [3.05, 3.63) is 50.1 Å². The molecular weight excluding hydrogens is 450 g/mol. The zero-order chi connectivity index (χ0) is 21.7. The maximum absolute atomic E-state index is 12.7. The van der Waals surface area contributed by atoms with Gasteiger partial charge >= 0.3 is 5.97 Å². The Hall–Kier alpha value is -2.69. The molecule has 0 spiro atoms. The van der Waals surface area contributed by atoms with Gasteiger partial charge in [0.25, 0.3) is 5.91 Å². The molecule has 158 valence electrons. The van der Waals surface area contributed by atoms with Crippen LogP contribution in [0.25, 0.3) is 0 Å². The molecule has 0 saturated carbocycles. The van der Waals surface area contributed by atoms with Gasteiger partial charge in [-0.05, 0) is 26.0 Å². The van der Waals surface area contributed by atoms with Gasteiger partial charge in [-0.2, -0.15) is 4.98 Å². The van der Waals surface area contributed by atoms with Gasteiger partial charge in [0.1, 0.15) is 6.61 Å². The van der Waals surface area contributed by atoms with E-state index >= 15 is 0 Å². The molecule has 0 bridgehead atoms. The van der Waals surface area contributed by atoms with Crippen LogP contribution in [0.3, 0.4) is 0 Å². The van der Waals surface area contributed by atoms with Crippen molar-refractivity contribution in [2.45, 2.75) is 33.0 Å². The zero-order valence-electron chi connectivity index (χ0n) is 16.0. The van der Waals surface area contributed by atoms with E-state index in [1.807, 2.05) is 19.9 Å². The molecule has 3 aromatic rings. The van der Waals surface area contributed by atoms with Crippen LogP contribution in [0.2, 0.25) is 4.34 Å². The van der Waals surface area contributed by atoms with E-state index in [0.717, 1.165) is 16.2 Å². The number of aromatic nitrogens is 2. The van der Waals surface area contributed by atoms with Crippen LogP contribution in [0.5, 0.6) is 11.8 Å². The molecule has 3 rings (SSSR count). The third-order valence-corrected chi connectivity index (χ3v) is 5.50. The van der Waals surface area contributed by atoms with Crippen LogP contribution in [0, 0.1) is 0 Å². The van der Waals surface area contributed by atoms with Gasteiger partial charge in [0.2, 0.25) is 11.8 Å². The van der Waals surface area contributed by atoms with Crippen molar-refractivity contribution in [2.75, 3.05) is 5.32 Å². The number of carboxylic acids is 1. The molecule has 3 aromatic heterocycles. The molecule has 0 aromatic carbocycles. The maximum atomic E-state index is 12.7. The lowest BCUT2D eigenvalue weighted by molar-refractivity contribution is -0.136. The van der Waals surface area contributed by atoms with Gasteiger partial charge in [-0.3, -0.25) is 14.9 Å². The van der Waals surface area contributed by atoms with Crippen molar-refractivity contribution < 1.29 is 24.2 Å². The fourth-order valence-corrected chi connectivity index (χ4v) is 4.04. The van der Waals surface area contributed by atoms with E-state index in [4.69, 9.17) is 26.2 Å². The summed E-state index contributed by atoms with van der Waals surface area (Å²) in [6.07, 6.45) is -0.351. The summed E-state index contributed by atoms with van der Waals surface area (Å²) in [5.41, 5.74) is 0.648. The molecule has 0 saturated heterocycles. The summed E-state index contributed by atoms with van der Waals surface area (Å²) in [4.78, 5) is 32.8. The summed E-state index contributed by atoms with van der Waals surface area (Å²) in [6.45, 7) is 3.95. The topological polar surface area (TPSA) is 111 Å². The fraction of sp³-hybridized carbons (Fsp3) is 0.263. The van der Waals surface area contributed by atoms with Crippen LogP contribution >= 0.6 is 34.3 Å². The Morgan fingerprint density at radius 3 is 2.67 bits per heavy atom. The minimum atomic E-state index is -0.989. The second-order valence-corrected chi connectivity index (χ2v) is 9.02. The van der Waals surface area contributed by atoms with Crippen LogP contribution in [0.1, 0.15) is 34.8 Å². The Balaban J connectivity index is 1.76. The number of halogens is 1. The highest BCUT2D eigenvalue weighted by atomic mass is 35.5. The Labute approximate surface area is 185 Å². The largest absolute Gasteiger partial charge is 0.481 e. The third kappa shape index (κ3) is 6.41. The second kappa shape index (κ2) is 9.88. The SMILES string of the molecule is CC(C)Oc1cc(C(=O)Nc2nc(CC(=O)O)cs2)cc(OCc2ccc(Cl)s2)n1. The molecular formula is C19H18ClN3O5S2. The lowest BCUT2D eigenvalue weighted by atomic mass is 10.2. The number of amides is 1. The number of nitrogens with one attached hydrogen (secondary N) is 1. The van der Waals surface area contributed by atoms with Crippen LogP contribution in [0.15, 0.2) is 29.6 Å². The number of carbonyl (C=O) groups excluding carboxylic acids is 1. The number of thiazole rings is 1. The minimum Gasteiger partial charge on any atom is -0.481 e. The quantitative estimate of drug-likeness (QED) is 0.476. The number of pyridine rings is 1. The van der Waals surface area contributed by atoms with Crippen LogP contribution in [-0.4, -0.2) is 33.1 Å². The molecule has 0 aliphatic rings. The van der Waals surface area contributed by atoms with Crippen molar-refractivity contribution in [1.82, 2.24) is 9.97 Å². The Morgan fingerprint density at radius 2 is 2.00 bits per heavy atom. The lowest BCUT2D eigenvalue weighted by Gasteiger charge is -2.12. The van der Waals surface area contributed by atoms with E-state index < -0.39 is 11.9 Å². The smallest absolute Gasteiger partial charge is 0.309 e. The lowest BCUT2D eigenvalue weighted by Crippen LogP contribution is -2.14. The highest BCUT2D eigenvalue weighted by molar-refractivity contribution is 7.16. The number of hydrogen-bond donors (Lipinski definition) is 2. The van der Waals surface area contributed by atoms with Gasteiger partial charge in [-0.25, -0.2) is 4.98 Å². The van der Waals surface area contributed by atoms with E-state index in [1.54, 1.807) is 11.4 Å². The summed E-state index contributed by atoms with van der Waals surface area (Å²) in [7, 11) is 0. The van der Waals surface area contributed by atoms with Gasteiger partial charge in [-0.15, -0.1) is 22.7 Å². The summed E-state index contributed by atoms with van der Waals surface area (Å²) in [5.74, 6) is -0.945. The number of aliphatic carboxylic acids is 1. The summed E-state index contributed by atoms with van der Waals surface area (Å²) < 4.78 is 12.0. The van der Waals surface area contributed by atoms with Crippen LogP contribution in [-0.2, 0) is 17.8 Å². The second-order valence-electron chi connectivity index (χ2n) is 6.36. The van der Waals surface area contributed by atoms with Crippen molar-refractivity contribution in [3.8, 4) is 11.8 Å². The molecule has 1 amide bonds. The van der Waals surface area contributed by atoms with E-state index in [0.29, 0.717) is 15.2 Å². The predicted molar refractivity (Wildman–Crippen MR) is 115 cm³/mol. The number of rotatable bonds is 9. The summed E-state index contributed by atoms with van der Waals surface area (Å²) >= 11 is 8.48. The first-order valence-electron chi connectivity index (χ1n) is 8.82. The predicted octanol–water partition coefficient (Wildman–Crippen LogP) is 4.50. The van der Waals surface area contributed by atoms with Crippen LogP contribution in [0.4, 0.5) is 5.13 Å². The highest BCUT2D eigenvalue weighted by Crippen LogP contribution is 2.25. The molecule has 0 fully saturated rings. The molecule has 0 atom stereocenters. The third-order valence-electron chi connectivity index (χ3n) is 3.49. The van der Waals surface area contributed by atoms with E-state index in [-0.39, 0.29) is 36.5 Å². The fourth-order valence-electron chi connectivity index (χ4n) is 2.33. The van der Waals surface area contributed by atoms with Gasteiger partial charge < -0.3 is 14.6 Å². The van der Waals surface area contributed by atoms with Crippen molar-refractivity contribution in [2.24, 2.45) is 0 Å². The van der Waals surface area contributed by atoms with Crippen LogP contribution < -0.4 is 14.8 Å². The van der Waals surface area contributed by atoms with Crippen molar-refractivity contribution >= 4 is 51.3 Å². The first kappa shape index (κ1) is 22.0. The Bertz CT molecular complexity index is 1050. The molecule has 8 nitrogen and oxygen atoms in total. The standard InChI is InChI=1S/C19H18ClN3O5S2/c1-10(2)28-16-6-11(5-15(22-16)27-8-13-3-4-14(20)30-13)18(26)23-19-21-12(9-29-19)7-17(24)25/h3-6,9-10H,7-8H2,1-2H3,(H,24,25)(H,21,23,26). The van der Waals surface area contributed by atoms with Crippen molar-refractivity contribution in [1.29, 1.82) is 0 Å². The van der Waals surface area contributed by atoms with E-state index in [1.165, 1.54) is 23.5 Å². The Kier molecular flexibility index (Phi) is 7.24. The monoisotopic (exact) mass is 467 g/mol. The first-order chi connectivity index (χ1) is 14.3. The summed E-state index contributed by atoms with van der Waals surface area (Å²) in [5, 5.41) is 13.4. The normalized spacial score (nSPS) is 10.8. The molecule has 0 aliphatic heterocycles. The summed E-state index contributed by atoms with van der Waals surface area (Å²) in [6, 6.07) is 6.65. The molecule has 3 heterocycles. The minimum absolute atomic E-state index is 0.141. The van der Waals surface area contributed by atoms with Gasteiger partial charge in [-0.1, -0.05) is 11.6 Å². The average Bonchev–Trinajstić information content (AvgIpc) is 3.27. The Morgan fingerprint density at radius 1 is 1.23 bits per heavy atom. The van der Waals surface area contributed by atoms with Gasteiger partial charge in [0, 0.05) is 22.4 Å². The molecule has 0 radical (unpaired) electrons. The molecule has 2 N–H and O–H groups in total. The number of carbonyl (C=O) groups is 2. The molecule has 0 aliphatic carbocycles. The highest BCUT2D eigenvalue weighted by Gasteiger charge is 2.15. The molecule has 30 heavy (non-hydrogen) atoms. The zero-order valence-corrected chi connectivity index (χ0v) is 18.4. The van der Waals surface area contributed by atoms with E-state index in [2.05, 4.69) is 15.3 Å². The van der Waals surface area contributed by atoms with Gasteiger partial charge in [0.15, 0.2) is 5.13 Å². The average molecular weight is 468 g/mol. The van der Waals surface area contributed by atoms with E-state index in [9.17, 15) is 9.59 Å². The van der Waals surface area contributed by atoms with Crippen molar-refractivity contribution in [3.63, 3.8) is 0 Å². The molecule has 0 unspecified atom stereocenters. The number of ether oxygens (including phenoxy) is 2. The number of thiophene rings is 1. The first-order valence-corrected chi connectivity index (χ1v) is 10.9. The number of carboxylic acid groups (broad SMARTS) is 1.